The Kier molecular flexibility index (Phi) is 4.69. The Hall–Kier alpha value is -1.67. The Bertz CT molecular complexity index is 490. The third-order valence-electron chi connectivity index (χ3n) is 3.59. The Morgan fingerprint density at radius 1 is 0.895 bits per heavy atom. The van der Waals surface area contributed by atoms with E-state index in [0.717, 1.165) is 6.42 Å². The zero-order valence-corrected chi connectivity index (χ0v) is 11.9. The normalized spacial score (nSPS) is 14.1. The number of nitrogens with zero attached hydrogens (tertiary/aromatic N) is 1. The van der Waals surface area contributed by atoms with Crippen LogP contribution in [0.4, 0.5) is 0 Å². The monoisotopic (exact) mass is 254 g/mol. The van der Waals surface area contributed by atoms with Crippen LogP contribution in [-0.2, 0) is 6.42 Å². The predicted molar refractivity (Wildman–Crippen MR) is 80.0 cm³/mol. The lowest BCUT2D eigenvalue weighted by Crippen LogP contribution is -2.22. The van der Waals surface area contributed by atoms with Crippen molar-refractivity contribution in [3.63, 3.8) is 0 Å². The molecular weight excluding hydrogens is 232 g/mol. The molecule has 0 amide bonds. The van der Waals surface area contributed by atoms with E-state index in [9.17, 15) is 0 Å². The van der Waals surface area contributed by atoms with Crippen molar-refractivity contribution >= 4 is 0 Å². The van der Waals surface area contributed by atoms with E-state index in [-0.39, 0.29) is 0 Å². The summed E-state index contributed by atoms with van der Waals surface area (Å²) >= 11 is 0. The summed E-state index contributed by atoms with van der Waals surface area (Å²) in [5.41, 5.74) is 3.99. The number of aryl methyl sites for hydroxylation is 1. The molecule has 2 nitrogen and oxygen atoms in total. The molecule has 0 spiro atoms. The molecule has 1 aromatic carbocycles. The van der Waals surface area contributed by atoms with Gasteiger partial charge in [0, 0.05) is 24.5 Å². The van der Waals surface area contributed by atoms with Crippen LogP contribution in [0.3, 0.4) is 0 Å². The number of nitrogens with one attached hydrogen (secondary N) is 1. The summed E-state index contributed by atoms with van der Waals surface area (Å²) in [5, 5.41) is 3.62. The van der Waals surface area contributed by atoms with Crippen molar-refractivity contribution in [1.29, 1.82) is 0 Å². The van der Waals surface area contributed by atoms with Crippen molar-refractivity contribution in [2.45, 2.75) is 39.3 Å². The molecule has 0 saturated heterocycles. The molecule has 1 heterocycles. The molecular formula is C17H22N2. The van der Waals surface area contributed by atoms with Crippen LogP contribution in [-0.4, -0.2) is 4.98 Å². The molecule has 2 unspecified atom stereocenters. The van der Waals surface area contributed by atoms with Crippen LogP contribution in [0.25, 0.3) is 0 Å². The molecule has 100 valence electrons. The van der Waals surface area contributed by atoms with Crippen molar-refractivity contribution in [3.05, 3.63) is 65.5 Å². The lowest BCUT2D eigenvalue weighted by Gasteiger charge is -2.21. The summed E-state index contributed by atoms with van der Waals surface area (Å²) in [5.74, 6) is 0. The van der Waals surface area contributed by atoms with Gasteiger partial charge in [-0.25, -0.2) is 0 Å². The van der Waals surface area contributed by atoms with Crippen molar-refractivity contribution in [2.24, 2.45) is 0 Å². The fourth-order valence-electron chi connectivity index (χ4n) is 2.26. The molecule has 0 fully saturated rings. The minimum atomic E-state index is 0.323. The van der Waals surface area contributed by atoms with E-state index in [4.69, 9.17) is 0 Å². The number of pyridine rings is 1. The Labute approximate surface area is 115 Å². The van der Waals surface area contributed by atoms with E-state index in [1.54, 1.807) is 0 Å². The summed E-state index contributed by atoms with van der Waals surface area (Å²) in [7, 11) is 0. The average molecular weight is 254 g/mol. The maximum absolute atomic E-state index is 4.06. The van der Waals surface area contributed by atoms with Gasteiger partial charge in [0.25, 0.3) is 0 Å². The van der Waals surface area contributed by atoms with Gasteiger partial charge in [-0.3, -0.25) is 4.98 Å². The predicted octanol–water partition coefficient (Wildman–Crippen LogP) is 4.06. The van der Waals surface area contributed by atoms with Gasteiger partial charge < -0.3 is 5.32 Å². The Morgan fingerprint density at radius 2 is 1.42 bits per heavy atom. The topological polar surface area (TPSA) is 24.9 Å². The van der Waals surface area contributed by atoms with Gasteiger partial charge in [0.05, 0.1) is 0 Å². The highest BCUT2D eigenvalue weighted by Crippen LogP contribution is 2.19. The van der Waals surface area contributed by atoms with Crippen molar-refractivity contribution in [2.75, 3.05) is 0 Å². The van der Waals surface area contributed by atoms with Crippen LogP contribution in [0.1, 0.15) is 49.5 Å². The fourth-order valence-corrected chi connectivity index (χ4v) is 2.26. The van der Waals surface area contributed by atoms with Crippen LogP contribution in [0.5, 0.6) is 0 Å². The van der Waals surface area contributed by atoms with Gasteiger partial charge >= 0.3 is 0 Å². The first-order chi connectivity index (χ1) is 9.20. The van der Waals surface area contributed by atoms with Gasteiger partial charge in [-0.05, 0) is 49.1 Å². The van der Waals surface area contributed by atoms with Gasteiger partial charge in [0.2, 0.25) is 0 Å². The van der Waals surface area contributed by atoms with Crippen LogP contribution >= 0.6 is 0 Å². The molecule has 2 aromatic rings. The lowest BCUT2D eigenvalue weighted by molar-refractivity contribution is 0.494. The molecule has 1 aromatic heterocycles. The highest BCUT2D eigenvalue weighted by molar-refractivity contribution is 5.25. The molecule has 0 radical (unpaired) electrons. The highest BCUT2D eigenvalue weighted by atomic mass is 14.9. The molecule has 0 aliphatic carbocycles. The average Bonchev–Trinajstić information content (AvgIpc) is 2.48. The van der Waals surface area contributed by atoms with Crippen molar-refractivity contribution in [1.82, 2.24) is 10.3 Å². The van der Waals surface area contributed by atoms with Gasteiger partial charge in [-0.2, -0.15) is 0 Å². The molecule has 19 heavy (non-hydrogen) atoms. The van der Waals surface area contributed by atoms with Gasteiger partial charge in [-0.1, -0.05) is 31.2 Å². The fraction of sp³-hybridized carbons (Fsp3) is 0.353. The number of hydrogen-bond donors (Lipinski definition) is 1. The van der Waals surface area contributed by atoms with Crippen LogP contribution in [0, 0.1) is 0 Å². The largest absolute Gasteiger partial charge is 0.304 e. The van der Waals surface area contributed by atoms with Crippen molar-refractivity contribution in [3.8, 4) is 0 Å². The molecule has 2 heteroatoms. The Balaban J connectivity index is 2.02. The maximum atomic E-state index is 4.06. The molecule has 2 rings (SSSR count). The van der Waals surface area contributed by atoms with Crippen LogP contribution < -0.4 is 5.32 Å². The first-order valence-electron chi connectivity index (χ1n) is 6.95. The summed E-state index contributed by atoms with van der Waals surface area (Å²) in [6.07, 6.45) is 4.78. The summed E-state index contributed by atoms with van der Waals surface area (Å²) < 4.78 is 0. The van der Waals surface area contributed by atoms with E-state index < -0.39 is 0 Å². The SMILES string of the molecule is CCc1ccc(C(C)NC(C)c2ccncc2)cc1. The smallest absolute Gasteiger partial charge is 0.0298 e. The molecule has 0 aliphatic heterocycles. The second kappa shape index (κ2) is 6.48. The van der Waals surface area contributed by atoms with E-state index in [1.807, 2.05) is 12.4 Å². The lowest BCUT2D eigenvalue weighted by atomic mass is 10.0. The standard InChI is InChI=1S/C17H22N2/c1-4-15-5-7-16(8-6-15)13(2)19-14(3)17-9-11-18-12-10-17/h5-14,19H,4H2,1-3H3. The molecule has 0 bridgehead atoms. The van der Waals surface area contributed by atoms with E-state index in [0.29, 0.717) is 12.1 Å². The number of rotatable bonds is 5. The van der Waals surface area contributed by atoms with E-state index in [1.165, 1.54) is 16.7 Å². The number of benzene rings is 1. The van der Waals surface area contributed by atoms with Gasteiger partial charge in [0.15, 0.2) is 0 Å². The quantitative estimate of drug-likeness (QED) is 0.870. The molecule has 0 saturated carbocycles. The summed E-state index contributed by atoms with van der Waals surface area (Å²) in [6.45, 7) is 6.58. The van der Waals surface area contributed by atoms with Crippen LogP contribution in [0.2, 0.25) is 0 Å². The second-order valence-corrected chi connectivity index (χ2v) is 4.99. The second-order valence-electron chi connectivity index (χ2n) is 4.99. The number of aromatic nitrogens is 1. The minimum Gasteiger partial charge on any atom is -0.304 e. The Morgan fingerprint density at radius 3 is 1.95 bits per heavy atom. The first-order valence-corrected chi connectivity index (χ1v) is 6.95. The molecule has 1 N–H and O–H groups in total. The van der Waals surface area contributed by atoms with Gasteiger partial charge in [-0.15, -0.1) is 0 Å². The molecule has 0 aliphatic rings. The third-order valence-corrected chi connectivity index (χ3v) is 3.59. The van der Waals surface area contributed by atoms with Crippen molar-refractivity contribution < 1.29 is 0 Å². The molecule has 2 atom stereocenters. The third kappa shape index (κ3) is 3.65. The summed E-state index contributed by atoms with van der Waals surface area (Å²) in [6, 6.07) is 13.6. The minimum absolute atomic E-state index is 0.323. The van der Waals surface area contributed by atoms with Gasteiger partial charge in [0.1, 0.15) is 0 Å². The zero-order chi connectivity index (χ0) is 13.7. The number of hydrogen-bond acceptors (Lipinski definition) is 2. The summed E-state index contributed by atoms with van der Waals surface area (Å²) in [4.78, 5) is 4.06. The first kappa shape index (κ1) is 13.8. The van der Waals surface area contributed by atoms with E-state index >= 15 is 0 Å². The zero-order valence-electron chi connectivity index (χ0n) is 11.9. The van der Waals surface area contributed by atoms with Crippen LogP contribution in [0.15, 0.2) is 48.8 Å². The maximum Gasteiger partial charge on any atom is 0.0298 e. The highest BCUT2D eigenvalue weighted by Gasteiger charge is 2.10. The van der Waals surface area contributed by atoms with E-state index in [2.05, 4.69) is 67.5 Å².